The third-order valence-electron chi connectivity index (χ3n) is 2.82. The zero-order valence-electron chi connectivity index (χ0n) is 10.9. The number of benzene rings is 1. The second-order valence-corrected chi connectivity index (χ2v) is 5.28. The summed E-state index contributed by atoms with van der Waals surface area (Å²) in [6.45, 7) is 3.57. The van der Waals surface area contributed by atoms with E-state index in [9.17, 15) is 9.90 Å². The SMILES string of the molecule is CC(C)(O)CCc1ccc(CC(N)C(=O)O)cc1. The van der Waals surface area contributed by atoms with E-state index in [2.05, 4.69) is 0 Å². The molecule has 0 aromatic heterocycles. The molecule has 0 amide bonds. The molecular formula is C14H21NO3. The summed E-state index contributed by atoms with van der Waals surface area (Å²) >= 11 is 0. The number of hydrogen-bond acceptors (Lipinski definition) is 3. The fraction of sp³-hybridized carbons (Fsp3) is 0.500. The van der Waals surface area contributed by atoms with Crippen molar-refractivity contribution in [2.75, 3.05) is 0 Å². The van der Waals surface area contributed by atoms with Gasteiger partial charge in [0, 0.05) is 0 Å². The molecule has 1 aromatic rings. The number of carboxylic acid groups (broad SMARTS) is 1. The molecule has 18 heavy (non-hydrogen) atoms. The highest BCUT2D eigenvalue weighted by Crippen LogP contribution is 2.14. The van der Waals surface area contributed by atoms with E-state index in [1.54, 1.807) is 13.8 Å². The summed E-state index contributed by atoms with van der Waals surface area (Å²) in [5.74, 6) is -0.985. The number of nitrogens with two attached hydrogens (primary N) is 1. The van der Waals surface area contributed by atoms with Gasteiger partial charge in [-0.2, -0.15) is 0 Å². The van der Waals surface area contributed by atoms with Crippen LogP contribution < -0.4 is 5.73 Å². The van der Waals surface area contributed by atoms with E-state index >= 15 is 0 Å². The van der Waals surface area contributed by atoms with Gasteiger partial charge in [-0.15, -0.1) is 0 Å². The van der Waals surface area contributed by atoms with Crippen LogP contribution in [0, 0.1) is 0 Å². The average molecular weight is 251 g/mol. The molecule has 1 atom stereocenters. The van der Waals surface area contributed by atoms with Gasteiger partial charge in [-0.25, -0.2) is 0 Å². The van der Waals surface area contributed by atoms with Gasteiger partial charge in [-0.05, 0) is 44.2 Å². The van der Waals surface area contributed by atoms with E-state index in [-0.39, 0.29) is 0 Å². The smallest absolute Gasteiger partial charge is 0.320 e. The van der Waals surface area contributed by atoms with Crippen molar-refractivity contribution in [1.29, 1.82) is 0 Å². The molecule has 0 bridgehead atoms. The normalized spacial score (nSPS) is 13.3. The Morgan fingerprint density at radius 2 is 1.78 bits per heavy atom. The molecule has 0 fully saturated rings. The van der Waals surface area contributed by atoms with Crippen molar-refractivity contribution in [1.82, 2.24) is 0 Å². The van der Waals surface area contributed by atoms with Gasteiger partial charge >= 0.3 is 5.97 Å². The number of rotatable bonds is 6. The first-order chi connectivity index (χ1) is 8.28. The molecule has 100 valence electrons. The summed E-state index contributed by atoms with van der Waals surface area (Å²) in [4.78, 5) is 10.6. The standard InChI is InChI=1S/C14H21NO3/c1-14(2,18)8-7-10-3-5-11(6-4-10)9-12(15)13(16)17/h3-6,12,18H,7-9,15H2,1-2H3,(H,16,17). The lowest BCUT2D eigenvalue weighted by atomic mass is 9.97. The first-order valence-electron chi connectivity index (χ1n) is 6.06. The molecule has 4 N–H and O–H groups in total. The van der Waals surface area contributed by atoms with Crippen molar-refractivity contribution in [3.8, 4) is 0 Å². The Bertz CT molecular complexity index is 392. The van der Waals surface area contributed by atoms with E-state index in [1.807, 2.05) is 24.3 Å². The lowest BCUT2D eigenvalue weighted by Crippen LogP contribution is -2.32. The number of carboxylic acids is 1. The lowest BCUT2D eigenvalue weighted by molar-refractivity contribution is -0.138. The average Bonchev–Trinajstić information content (AvgIpc) is 2.27. The van der Waals surface area contributed by atoms with Crippen LogP contribution in [0.5, 0.6) is 0 Å². The number of carbonyl (C=O) groups is 1. The van der Waals surface area contributed by atoms with Gasteiger partial charge in [-0.3, -0.25) is 4.79 Å². The van der Waals surface area contributed by atoms with Crippen molar-refractivity contribution >= 4 is 5.97 Å². The molecule has 1 aromatic carbocycles. The molecule has 0 heterocycles. The van der Waals surface area contributed by atoms with Crippen molar-refractivity contribution < 1.29 is 15.0 Å². The molecule has 0 radical (unpaired) electrons. The lowest BCUT2D eigenvalue weighted by Gasteiger charge is -2.16. The maximum absolute atomic E-state index is 10.6. The zero-order chi connectivity index (χ0) is 13.8. The van der Waals surface area contributed by atoms with E-state index < -0.39 is 17.6 Å². The van der Waals surface area contributed by atoms with Crippen molar-refractivity contribution in [2.45, 2.75) is 44.8 Å². The van der Waals surface area contributed by atoms with E-state index in [0.717, 1.165) is 17.5 Å². The number of hydrogen-bond donors (Lipinski definition) is 3. The van der Waals surface area contributed by atoms with Crippen LogP contribution in [0.4, 0.5) is 0 Å². The predicted octanol–water partition coefficient (Wildman–Crippen LogP) is 1.34. The Morgan fingerprint density at radius 1 is 1.28 bits per heavy atom. The van der Waals surface area contributed by atoms with E-state index in [1.165, 1.54) is 0 Å². The molecule has 1 rings (SSSR count). The third-order valence-corrected chi connectivity index (χ3v) is 2.82. The van der Waals surface area contributed by atoms with Crippen molar-refractivity contribution in [3.63, 3.8) is 0 Å². The fourth-order valence-corrected chi connectivity index (χ4v) is 1.63. The van der Waals surface area contributed by atoms with Gasteiger partial charge in [0.2, 0.25) is 0 Å². The first kappa shape index (κ1) is 14.7. The maximum atomic E-state index is 10.6. The van der Waals surface area contributed by atoms with E-state index in [4.69, 9.17) is 10.8 Å². The third kappa shape index (κ3) is 5.29. The number of aryl methyl sites for hydroxylation is 1. The molecule has 0 aliphatic carbocycles. The minimum Gasteiger partial charge on any atom is -0.480 e. The highest BCUT2D eigenvalue weighted by atomic mass is 16.4. The Balaban J connectivity index is 2.55. The molecule has 4 heteroatoms. The quantitative estimate of drug-likeness (QED) is 0.712. The van der Waals surface area contributed by atoms with Crippen molar-refractivity contribution in [2.24, 2.45) is 5.73 Å². The molecule has 1 unspecified atom stereocenters. The molecule has 0 spiro atoms. The zero-order valence-corrected chi connectivity index (χ0v) is 10.9. The summed E-state index contributed by atoms with van der Waals surface area (Å²) < 4.78 is 0. The molecule has 0 saturated carbocycles. The molecular weight excluding hydrogens is 230 g/mol. The van der Waals surface area contributed by atoms with Crippen LogP contribution in [0.15, 0.2) is 24.3 Å². The van der Waals surface area contributed by atoms with Gasteiger partial charge < -0.3 is 15.9 Å². The molecule has 4 nitrogen and oxygen atoms in total. The summed E-state index contributed by atoms with van der Waals surface area (Å²) in [6, 6.07) is 6.84. The van der Waals surface area contributed by atoms with Gasteiger partial charge in [0.15, 0.2) is 0 Å². The van der Waals surface area contributed by atoms with Gasteiger partial charge in [0.05, 0.1) is 5.60 Å². The van der Waals surface area contributed by atoms with Crippen molar-refractivity contribution in [3.05, 3.63) is 35.4 Å². The van der Waals surface area contributed by atoms with Crippen LogP contribution in [0.1, 0.15) is 31.4 Å². The Kier molecular flexibility index (Phi) is 4.87. The summed E-state index contributed by atoms with van der Waals surface area (Å²) in [5.41, 5.74) is 6.85. The monoisotopic (exact) mass is 251 g/mol. The topological polar surface area (TPSA) is 83.5 Å². The highest BCUT2D eigenvalue weighted by Gasteiger charge is 2.13. The van der Waals surface area contributed by atoms with Crippen LogP contribution in [-0.4, -0.2) is 27.8 Å². The molecule has 0 aliphatic heterocycles. The Morgan fingerprint density at radius 3 is 2.22 bits per heavy atom. The summed E-state index contributed by atoms with van der Waals surface area (Å²) in [7, 11) is 0. The van der Waals surface area contributed by atoms with Gasteiger partial charge in [-0.1, -0.05) is 24.3 Å². The molecule has 0 aliphatic rings. The van der Waals surface area contributed by atoms with Crippen LogP contribution in [0.2, 0.25) is 0 Å². The summed E-state index contributed by atoms with van der Waals surface area (Å²) in [5, 5.41) is 18.4. The minimum absolute atomic E-state index is 0.334. The van der Waals surface area contributed by atoms with Crippen LogP contribution >= 0.6 is 0 Å². The first-order valence-corrected chi connectivity index (χ1v) is 6.06. The summed E-state index contributed by atoms with van der Waals surface area (Å²) in [6.07, 6.45) is 1.83. The van der Waals surface area contributed by atoms with Gasteiger partial charge in [0.1, 0.15) is 6.04 Å². The van der Waals surface area contributed by atoms with Gasteiger partial charge in [0.25, 0.3) is 0 Å². The minimum atomic E-state index is -0.985. The molecule has 0 saturated heterocycles. The number of aliphatic hydroxyl groups is 1. The predicted molar refractivity (Wildman–Crippen MR) is 70.4 cm³/mol. The van der Waals surface area contributed by atoms with Crippen LogP contribution in [-0.2, 0) is 17.6 Å². The van der Waals surface area contributed by atoms with Crippen LogP contribution in [0.25, 0.3) is 0 Å². The maximum Gasteiger partial charge on any atom is 0.320 e. The number of aliphatic carboxylic acids is 1. The van der Waals surface area contributed by atoms with Crippen LogP contribution in [0.3, 0.4) is 0 Å². The highest BCUT2D eigenvalue weighted by molar-refractivity contribution is 5.73. The Labute approximate surface area is 107 Å². The Hall–Kier alpha value is -1.39. The second kappa shape index (κ2) is 5.98. The fourth-order valence-electron chi connectivity index (χ4n) is 1.63. The second-order valence-electron chi connectivity index (χ2n) is 5.28. The van der Waals surface area contributed by atoms with E-state index in [0.29, 0.717) is 12.8 Å². The largest absolute Gasteiger partial charge is 0.480 e.